The molecule has 1 aliphatic heterocycles. The second kappa shape index (κ2) is 5.09. The van der Waals surface area contributed by atoms with Crippen molar-refractivity contribution in [1.82, 2.24) is 9.80 Å². The Bertz CT molecular complexity index is 541. The van der Waals surface area contributed by atoms with E-state index in [0.29, 0.717) is 5.56 Å². The molecule has 0 aliphatic carbocycles. The number of likely N-dealkylation sites (N-methyl/N-ethyl adjacent to an activating group) is 1. The summed E-state index contributed by atoms with van der Waals surface area (Å²) in [5, 5.41) is 8.90. The average Bonchev–Trinajstić information content (AvgIpc) is 2.36. The topological polar surface area (TPSA) is 77.9 Å². The van der Waals surface area contributed by atoms with Crippen molar-refractivity contribution in [2.75, 3.05) is 20.1 Å². The second-order valence-electron chi connectivity index (χ2n) is 4.51. The first-order valence-corrected chi connectivity index (χ1v) is 5.81. The molecule has 2 amide bonds. The highest BCUT2D eigenvalue weighted by molar-refractivity contribution is 5.92. The first kappa shape index (κ1) is 13.1. The van der Waals surface area contributed by atoms with Crippen molar-refractivity contribution >= 4 is 17.8 Å². The van der Waals surface area contributed by atoms with Crippen LogP contribution in [0.2, 0.25) is 0 Å². The van der Waals surface area contributed by atoms with Crippen molar-refractivity contribution in [1.29, 1.82) is 0 Å². The summed E-state index contributed by atoms with van der Waals surface area (Å²) in [6, 6.07) is 6.37. The smallest absolute Gasteiger partial charge is 0.335 e. The summed E-state index contributed by atoms with van der Waals surface area (Å²) in [6.07, 6.45) is 0. The standard InChI is InChI=1S/C13H14N2O4/c1-14-7-12(17)15(8-11(14)16)6-9-3-2-4-10(5-9)13(18)19/h2-5H,6-8H2,1H3,(H,18,19). The predicted molar refractivity (Wildman–Crippen MR) is 66.5 cm³/mol. The zero-order chi connectivity index (χ0) is 14.0. The molecule has 1 aliphatic rings. The highest BCUT2D eigenvalue weighted by atomic mass is 16.4. The number of piperazine rings is 1. The van der Waals surface area contributed by atoms with Crippen LogP contribution in [0.1, 0.15) is 15.9 Å². The van der Waals surface area contributed by atoms with Crippen molar-refractivity contribution < 1.29 is 19.5 Å². The van der Waals surface area contributed by atoms with Gasteiger partial charge in [0.25, 0.3) is 0 Å². The number of aromatic carboxylic acids is 1. The van der Waals surface area contributed by atoms with E-state index in [1.807, 2.05) is 0 Å². The van der Waals surface area contributed by atoms with Crippen molar-refractivity contribution in [3.05, 3.63) is 35.4 Å². The number of nitrogens with zero attached hydrogens (tertiary/aromatic N) is 2. The van der Waals surface area contributed by atoms with Crippen LogP contribution in [0.15, 0.2) is 24.3 Å². The number of hydrogen-bond donors (Lipinski definition) is 1. The maximum absolute atomic E-state index is 11.8. The van der Waals surface area contributed by atoms with Gasteiger partial charge in [0, 0.05) is 13.6 Å². The number of carbonyl (C=O) groups is 3. The van der Waals surface area contributed by atoms with E-state index in [-0.39, 0.29) is 37.0 Å². The van der Waals surface area contributed by atoms with Gasteiger partial charge in [-0.1, -0.05) is 12.1 Å². The van der Waals surface area contributed by atoms with Crippen LogP contribution in [0.5, 0.6) is 0 Å². The summed E-state index contributed by atoms with van der Waals surface area (Å²) in [7, 11) is 1.59. The molecule has 0 unspecified atom stereocenters. The maximum Gasteiger partial charge on any atom is 0.335 e. The van der Waals surface area contributed by atoms with E-state index >= 15 is 0 Å². The Kier molecular flexibility index (Phi) is 3.50. The Morgan fingerprint density at radius 1 is 1.26 bits per heavy atom. The van der Waals surface area contributed by atoms with Crippen LogP contribution in [-0.2, 0) is 16.1 Å². The summed E-state index contributed by atoms with van der Waals surface area (Å²) in [6.45, 7) is 0.351. The Morgan fingerprint density at radius 2 is 2.00 bits per heavy atom. The summed E-state index contributed by atoms with van der Waals surface area (Å²) < 4.78 is 0. The summed E-state index contributed by atoms with van der Waals surface area (Å²) >= 11 is 0. The molecule has 1 N–H and O–H groups in total. The first-order valence-electron chi connectivity index (χ1n) is 5.81. The van der Waals surface area contributed by atoms with E-state index in [1.165, 1.54) is 21.9 Å². The van der Waals surface area contributed by atoms with Crippen LogP contribution in [0.4, 0.5) is 0 Å². The lowest BCUT2D eigenvalue weighted by molar-refractivity contribution is -0.149. The van der Waals surface area contributed by atoms with Crippen molar-refractivity contribution in [2.24, 2.45) is 0 Å². The molecule has 6 heteroatoms. The van der Waals surface area contributed by atoms with Gasteiger partial charge in [0.1, 0.15) is 6.54 Å². The van der Waals surface area contributed by atoms with Gasteiger partial charge in [-0.25, -0.2) is 4.79 Å². The summed E-state index contributed by atoms with van der Waals surface area (Å²) in [5.74, 6) is -1.26. The lowest BCUT2D eigenvalue weighted by atomic mass is 10.1. The molecule has 0 radical (unpaired) electrons. The summed E-state index contributed by atoms with van der Waals surface area (Å²) in [5.41, 5.74) is 0.871. The van der Waals surface area contributed by atoms with Gasteiger partial charge in [-0.2, -0.15) is 0 Å². The molecule has 19 heavy (non-hydrogen) atoms. The van der Waals surface area contributed by atoms with Crippen LogP contribution in [0, 0.1) is 0 Å². The highest BCUT2D eigenvalue weighted by Gasteiger charge is 2.27. The zero-order valence-electron chi connectivity index (χ0n) is 10.5. The Hall–Kier alpha value is -2.37. The van der Waals surface area contributed by atoms with E-state index < -0.39 is 5.97 Å². The molecule has 100 valence electrons. The number of hydrogen-bond acceptors (Lipinski definition) is 3. The minimum Gasteiger partial charge on any atom is -0.478 e. The third-order valence-electron chi connectivity index (χ3n) is 3.02. The van der Waals surface area contributed by atoms with Gasteiger partial charge >= 0.3 is 5.97 Å². The van der Waals surface area contributed by atoms with Crippen LogP contribution < -0.4 is 0 Å². The van der Waals surface area contributed by atoms with Crippen LogP contribution in [-0.4, -0.2) is 52.8 Å². The molecule has 1 fully saturated rings. The molecule has 1 aromatic rings. The predicted octanol–water partition coefficient (Wildman–Crippen LogP) is 0.185. The SMILES string of the molecule is CN1CC(=O)N(Cc2cccc(C(=O)O)c2)CC1=O. The quantitative estimate of drug-likeness (QED) is 0.843. The van der Waals surface area contributed by atoms with E-state index in [2.05, 4.69) is 0 Å². The lowest BCUT2D eigenvalue weighted by Gasteiger charge is -2.31. The molecule has 1 heterocycles. The molecule has 0 spiro atoms. The number of benzene rings is 1. The van der Waals surface area contributed by atoms with Gasteiger partial charge < -0.3 is 14.9 Å². The number of carbonyl (C=O) groups excluding carboxylic acids is 2. The highest BCUT2D eigenvalue weighted by Crippen LogP contribution is 2.11. The normalized spacial score (nSPS) is 15.8. The molecule has 1 aromatic carbocycles. The molecule has 0 bridgehead atoms. The van der Waals surface area contributed by atoms with Gasteiger partial charge in [0.2, 0.25) is 11.8 Å². The first-order chi connectivity index (χ1) is 8.97. The minimum absolute atomic E-state index is 0.0344. The van der Waals surface area contributed by atoms with Crippen LogP contribution in [0.3, 0.4) is 0 Å². The number of carboxylic acids is 1. The van der Waals surface area contributed by atoms with Gasteiger partial charge in [-0.15, -0.1) is 0 Å². The van der Waals surface area contributed by atoms with Crippen molar-refractivity contribution in [2.45, 2.75) is 6.54 Å². The molecular weight excluding hydrogens is 248 g/mol. The van der Waals surface area contributed by atoms with E-state index in [0.717, 1.165) is 0 Å². The molecular formula is C13H14N2O4. The summed E-state index contributed by atoms with van der Waals surface area (Å²) in [4.78, 5) is 37.0. The van der Waals surface area contributed by atoms with E-state index in [4.69, 9.17) is 5.11 Å². The fourth-order valence-electron chi connectivity index (χ4n) is 1.93. The number of amides is 2. The number of carboxylic acid groups (broad SMARTS) is 1. The average molecular weight is 262 g/mol. The van der Waals surface area contributed by atoms with Crippen LogP contribution in [0.25, 0.3) is 0 Å². The molecule has 0 aromatic heterocycles. The van der Waals surface area contributed by atoms with Gasteiger partial charge in [-0.3, -0.25) is 9.59 Å². The van der Waals surface area contributed by atoms with Gasteiger partial charge in [-0.05, 0) is 17.7 Å². The monoisotopic (exact) mass is 262 g/mol. The molecule has 2 rings (SSSR count). The van der Waals surface area contributed by atoms with Crippen molar-refractivity contribution in [3.63, 3.8) is 0 Å². The molecule has 0 atom stereocenters. The molecule has 6 nitrogen and oxygen atoms in total. The Morgan fingerprint density at radius 3 is 2.68 bits per heavy atom. The van der Waals surface area contributed by atoms with Gasteiger partial charge in [0.15, 0.2) is 0 Å². The van der Waals surface area contributed by atoms with E-state index in [9.17, 15) is 14.4 Å². The fourth-order valence-corrected chi connectivity index (χ4v) is 1.93. The Balaban J connectivity index is 2.12. The molecule has 0 saturated carbocycles. The van der Waals surface area contributed by atoms with Gasteiger partial charge in [0.05, 0.1) is 12.1 Å². The number of rotatable bonds is 3. The zero-order valence-corrected chi connectivity index (χ0v) is 10.5. The Labute approximate surface area is 110 Å². The second-order valence-corrected chi connectivity index (χ2v) is 4.51. The maximum atomic E-state index is 11.8. The van der Waals surface area contributed by atoms with E-state index in [1.54, 1.807) is 19.2 Å². The van der Waals surface area contributed by atoms with Crippen molar-refractivity contribution in [3.8, 4) is 0 Å². The minimum atomic E-state index is -1.01. The molecule has 1 saturated heterocycles. The lowest BCUT2D eigenvalue weighted by Crippen LogP contribution is -2.51. The third kappa shape index (κ3) is 2.90. The van der Waals surface area contributed by atoms with Crippen LogP contribution >= 0.6 is 0 Å². The third-order valence-corrected chi connectivity index (χ3v) is 3.02. The largest absolute Gasteiger partial charge is 0.478 e. The fraction of sp³-hybridized carbons (Fsp3) is 0.308.